The monoisotopic (exact) mass is 141 g/mol. The number of unbranched alkanes of at least 4 members (excludes halogenated alkanes) is 1. The highest BCUT2D eigenvalue weighted by Crippen LogP contribution is 2.08. The van der Waals surface area contributed by atoms with E-state index in [-0.39, 0.29) is 0 Å². The van der Waals surface area contributed by atoms with Gasteiger partial charge in [-0.25, -0.2) is 0 Å². The molecule has 1 heterocycles. The highest BCUT2D eigenvalue weighted by molar-refractivity contribution is 4.67. The Bertz CT molecular complexity index is 97.4. The maximum Gasteiger partial charge on any atom is 0.104 e. The molecule has 1 saturated heterocycles. The van der Waals surface area contributed by atoms with Gasteiger partial charge in [-0.2, -0.15) is 0 Å². The molecule has 1 radical (unpaired) electrons. The molecule has 0 amide bonds. The standard InChI is InChI=1S/C8H13O2/c1-2-3-4-5-9-6-8-7-10-8/h1-2,8H,3-7H2. The van der Waals surface area contributed by atoms with Gasteiger partial charge in [-0.3, -0.25) is 0 Å². The Balaban J connectivity index is 1.72. The first-order valence-corrected chi connectivity index (χ1v) is 3.66. The van der Waals surface area contributed by atoms with E-state index in [2.05, 4.69) is 0 Å². The van der Waals surface area contributed by atoms with Crippen LogP contribution in [0.1, 0.15) is 12.8 Å². The van der Waals surface area contributed by atoms with Crippen molar-refractivity contribution in [3.63, 3.8) is 0 Å². The molecule has 10 heavy (non-hydrogen) atoms. The minimum absolute atomic E-state index is 0.391. The Hall–Kier alpha value is -0.340. The molecule has 0 saturated carbocycles. The van der Waals surface area contributed by atoms with Crippen molar-refractivity contribution in [3.05, 3.63) is 12.7 Å². The summed E-state index contributed by atoms with van der Waals surface area (Å²) in [4.78, 5) is 0. The highest BCUT2D eigenvalue weighted by Gasteiger charge is 2.21. The Kier molecular flexibility index (Phi) is 3.47. The van der Waals surface area contributed by atoms with E-state index in [0.29, 0.717) is 6.10 Å². The molecule has 0 aliphatic carbocycles. The summed E-state index contributed by atoms with van der Waals surface area (Å²) >= 11 is 0. The van der Waals surface area contributed by atoms with Crippen LogP contribution in [-0.2, 0) is 9.47 Å². The van der Waals surface area contributed by atoms with Gasteiger partial charge in [0, 0.05) is 6.61 Å². The second-order valence-electron chi connectivity index (χ2n) is 2.41. The lowest BCUT2D eigenvalue weighted by Crippen LogP contribution is -2.02. The van der Waals surface area contributed by atoms with Crippen LogP contribution in [0.25, 0.3) is 0 Å². The van der Waals surface area contributed by atoms with Gasteiger partial charge in [-0.1, -0.05) is 12.7 Å². The molecule has 1 rings (SSSR count). The van der Waals surface area contributed by atoms with Crippen LogP contribution < -0.4 is 0 Å². The number of hydrogen-bond donors (Lipinski definition) is 0. The van der Waals surface area contributed by atoms with Gasteiger partial charge in [0.2, 0.25) is 0 Å². The van der Waals surface area contributed by atoms with Crippen molar-refractivity contribution < 1.29 is 9.47 Å². The van der Waals surface area contributed by atoms with Crippen LogP contribution in [0.4, 0.5) is 0 Å². The van der Waals surface area contributed by atoms with Crippen molar-refractivity contribution in [2.75, 3.05) is 19.8 Å². The first-order valence-electron chi connectivity index (χ1n) is 3.66. The molecule has 0 aromatic carbocycles. The number of rotatable bonds is 6. The number of hydrogen-bond acceptors (Lipinski definition) is 2. The fourth-order valence-corrected chi connectivity index (χ4v) is 0.682. The molecule has 2 heteroatoms. The molecule has 0 bridgehead atoms. The van der Waals surface area contributed by atoms with Crippen molar-refractivity contribution in [2.45, 2.75) is 18.9 Å². The number of ether oxygens (including phenoxy) is 2. The van der Waals surface area contributed by atoms with Gasteiger partial charge >= 0.3 is 0 Å². The molecule has 1 unspecified atom stereocenters. The zero-order chi connectivity index (χ0) is 7.23. The molecule has 1 fully saturated rings. The average Bonchev–Trinajstić information content (AvgIpc) is 2.71. The lowest BCUT2D eigenvalue weighted by Gasteiger charge is -1.98. The minimum Gasteiger partial charge on any atom is -0.379 e. The van der Waals surface area contributed by atoms with E-state index in [9.17, 15) is 0 Å². The van der Waals surface area contributed by atoms with Crippen molar-refractivity contribution >= 4 is 0 Å². The fourth-order valence-electron chi connectivity index (χ4n) is 0.682. The van der Waals surface area contributed by atoms with Crippen molar-refractivity contribution in [2.24, 2.45) is 0 Å². The molecule has 0 aromatic heterocycles. The van der Waals surface area contributed by atoms with E-state index in [1.54, 1.807) is 6.08 Å². The Morgan fingerprint density at radius 1 is 1.70 bits per heavy atom. The van der Waals surface area contributed by atoms with E-state index in [1.807, 2.05) is 0 Å². The molecule has 0 aromatic rings. The minimum atomic E-state index is 0.391. The third kappa shape index (κ3) is 3.64. The van der Waals surface area contributed by atoms with Crippen LogP contribution in [0.3, 0.4) is 0 Å². The quantitative estimate of drug-likeness (QED) is 0.409. The smallest absolute Gasteiger partial charge is 0.104 e. The predicted octanol–water partition coefficient (Wildman–Crippen LogP) is 1.17. The normalized spacial score (nSPS) is 22.6. The Morgan fingerprint density at radius 2 is 2.50 bits per heavy atom. The van der Waals surface area contributed by atoms with Gasteiger partial charge in [0.25, 0.3) is 0 Å². The molecule has 0 spiro atoms. The summed E-state index contributed by atoms with van der Waals surface area (Å²) in [5.74, 6) is 0. The largest absolute Gasteiger partial charge is 0.379 e. The number of epoxide rings is 1. The average molecular weight is 141 g/mol. The van der Waals surface area contributed by atoms with Gasteiger partial charge < -0.3 is 9.47 Å². The van der Waals surface area contributed by atoms with Crippen molar-refractivity contribution in [1.29, 1.82) is 0 Å². The second kappa shape index (κ2) is 4.47. The van der Waals surface area contributed by atoms with Gasteiger partial charge in [0.05, 0.1) is 13.2 Å². The molecule has 1 aliphatic rings. The third-order valence-corrected chi connectivity index (χ3v) is 1.37. The van der Waals surface area contributed by atoms with Crippen LogP contribution in [0.15, 0.2) is 6.08 Å². The van der Waals surface area contributed by atoms with E-state index in [4.69, 9.17) is 16.1 Å². The van der Waals surface area contributed by atoms with Crippen LogP contribution in [-0.4, -0.2) is 25.9 Å². The summed E-state index contributed by atoms with van der Waals surface area (Å²) in [5, 5.41) is 0. The first-order chi connectivity index (χ1) is 4.93. The maximum absolute atomic E-state index is 5.26. The summed E-state index contributed by atoms with van der Waals surface area (Å²) < 4.78 is 10.2. The predicted molar refractivity (Wildman–Crippen MR) is 38.7 cm³/mol. The topological polar surface area (TPSA) is 21.8 Å². The van der Waals surface area contributed by atoms with Gasteiger partial charge in [-0.15, -0.1) is 0 Å². The SMILES string of the molecule is [CH]=CCCCOCC1CO1. The highest BCUT2D eigenvalue weighted by atomic mass is 16.6. The molecular formula is C8H13O2. The van der Waals surface area contributed by atoms with Crippen molar-refractivity contribution in [1.82, 2.24) is 0 Å². The summed E-state index contributed by atoms with van der Waals surface area (Å²) in [6, 6.07) is 0. The molecule has 1 atom stereocenters. The summed E-state index contributed by atoms with van der Waals surface area (Å²) in [6.07, 6.45) is 4.01. The van der Waals surface area contributed by atoms with Crippen molar-refractivity contribution in [3.8, 4) is 0 Å². The first kappa shape index (κ1) is 7.76. The maximum atomic E-state index is 5.26. The fraction of sp³-hybridized carbons (Fsp3) is 0.750. The lowest BCUT2D eigenvalue weighted by molar-refractivity contribution is 0.115. The molecular weight excluding hydrogens is 128 g/mol. The zero-order valence-electron chi connectivity index (χ0n) is 6.08. The number of allylic oxidation sites excluding steroid dienone is 1. The lowest BCUT2D eigenvalue weighted by atomic mass is 10.3. The summed E-state index contributed by atoms with van der Waals surface area (Å²) in [6.45, 7) is 7.61. The van der Waals surface area contributed by atoms with Crippen LogP contribution in [0, 0.1) is 6.58 Å². The van der Waals surface area contributed by atoms with E-state index in [1.165, 1.54) is 0 Å². The van der Waals surface area contributed by atoms with Crippen LogP contribution >= 0.6 is 0 Å². The van der Waals surface area contributed by atoms with E-state index in [0.717, 1.165) is 32.7 Å². The Labute approximate surface area is 61.8 Å². The molecule has 1 aliphatic heterocycles. The van der Waals surface area contributed by atoms with Gasteiger partial charge in [-0.05, 0) is 12.8 Å². The van der Waals surface area contributed by atoms with Crippen LogP contribution in [0.5, 0.6) is 0 Å². The van der Waals surface area contributed by atoms with E-state index < -0.39 is 0 Å². The van der Waals surface area contributed by atoms with E-state index >= 15 is 0 Å². The Morgan fingerprint density at radius 3 is 3.10 bits per heavy atom. The second-order valence-corrected chi connectivity index (χ2v) is 2.41. The molecule has 0 N–H and O–H groups in total. The molecule has 2 nitrogen and oxygen atoms in total. The van der Waals surface area contributed by atoms with Gasteiger partial charge in [0.15, 0.2) is 0 Å². The summed E-state index contributed by atoms with van der Waals surface area (Å²) in [5.41, 5.74) is 0. The molecule has 57 valence electrons. The third-order valence-electron chi connectivity index (χ3n) is 1.37. The summed E-state index contributed by atoms with van der Waals surface area (Å²) in [7, 11) is 0. The van der Waals surface area contributed by atoms with Gasteiger partial charge in [0.1, 0.15) is 6.10 Å². The zero-order valence-corrected chi connectivity index (χ0v) is 6.08. The van der Waals surface area contributed by atoms with Crippen LogP contribution in [0.2, 0.25) is 0 Å².